The van der Waals surface area contributed by atoms with Gasteiger partial charge in [-0.3, -0.25) is 0 Å². The first-order chi connectivity index (χ1) is 10.9. The second-order valence-electron chi connectivity index (χ2n) is 4.80. The molecular formula is C15H16F2N2O3S. The first-order valence-corrected chi connectivity index (χ1v) is 7.96. The summed E-state index contributed by atoms with van der Waals surface area (Å²) in [5.74, 6) is -2.17. The number of carbonyl (C=O) groups is 2. The maximum atomic E-state index is 13.2. The third-order valence-electron chi connectivity index (χ3n) is 3.14. The highest BCUT2D eigenvalue weighted by molar-refractivity contribution is 7.99. The van der Waals surface area contributed by atoms with Crippen LogP contribution in [0.15, 0.2) is 34.4 Å². The van der Waals surface area contributed by atoms with Crippen LogP contribution in [-0.4, -0.2) is 30.4 Å². The lowest BCUT2D eigenvalue weighted by atomic mass is 10.1. The van der Waals surface area contributed by atoms with Gasteiger partial charge >= 0.3 is 12.0 Å². The van der Waals surface area contributed by atoms with Gasteiger partial charge in [-0.05, 0) is 32.0 Å². The number of nitrogens with one attached hydrogen (secondary N) is 2. The lowest BCUT2D eigenvalue weighted by molar-refractivity contribution is -0.138. The van der Waals surface area contributed by atoms with Crippen LogP contribution in [-0.2, 0) is 9.53 Å². The Morgan fingerprint density at radius 1 is 1.35 bits per heavy atom. The smallest absolute Gasteiger partial charge is 0.337 e. The summed E-state index contributed by atoms with van der Waals surface area (Å²) < 4.78 is 31.1. The van der Waals surface area contributed by atoms with Crippen LogP contribution in [0.5, 0.6) is 0 Å². The Labute approximate surface area is 136 Å². The molecule has 1 aromatic rings. The average Bonchev–Trinajstić information content (AvgIpc) is 2.48. The van der Waals surface area contributed by atoms with Crippen molar-refractivity contribution in [2.45, 2.75) is 24.8 Å². The van der Waals surface area contributed by atoms with Crippen LogP contribution < -0.4 is 10.6 Å². The van der Waals surface area contributed by atoms with Gasteiger partial charge in [-0.1, -0.05) is 0 Å². The molecule has 0 bridgehead atoms. The van der Waals surface area contributed by atoms with E-state index in [1.165, 1.54) is 17.8 Å². The lowest BCUT2D eigenvalue weighted by Crippen LogP contribution is -2.49. The van der Waals surface area contributed by atoms with Crippen molar-refractivity contribution in [1.29, 1.82) is 0 Å². The number of benzene rings is 1. The van der Waals surface area contributed by atoms with E-state index >= 15 is 0 Å². The van der Waals surface area contributed by atoms with E-state index in [2.05, 4.69) is 10.6 Å². The van der Waals surface area contributed by atoms with Crippen molar-refractivity contribution < 1.29 is 23.1 Å². The molecule has 2 N–H and O–H groups in total. The second kappa shape index (κ2) is 7.45. The van der Waals surface area contributed by atoms with Gasteiger partial charge in [0.1, 0.15) is 0 Å². The van der Waals surface area contributed by atoms with E-state index in [1.807, 2.05) is 0 Å². The van der Waals surface area contributed by atoms with Gasteiger partial charge in [-0.25, -0.2) is 18.4 Å². The number of hydrogen-bond acceptors (Lipinski definition) is 4. The minimum absolute atomic E-state index is 0.215. The molecule has 1 atom stereocenters. The number of urea groups is 1. The molecule has 0 aromatic heterocycles. The Morgan fingerprint density at radius 3 is 2.74 bits per heavy atom. The van der Waals surface area contributed by atoms with Gasteiger partial charge in [0.15, 0.2) is 11.6 Å². The minimum atomic E-state index is -0.947. The van der Waals surface area contributed by atoms with Gasteiger partial charge in [-0.2, -0.15) is 0 Å². The fourth-order valence-corrected chi connectivity index (χ4v) is 3.01. The Hall–Kier alpha value is -2.09. The normalized spacial score (nSPS) is 17.6. The van der Waals surface area contributed by atoms with E-state index in [1.54, 1.807) is 13.8 Å². The van der Waals surface area contributed by atoms with Gasteiger partial charge in [0.05, 0.1) is 18.2 Å². The van der Waals surface area contributed by atoms with Gasteiger partial charge in [-0.15, -0.1) is 11.8 Å². The van der Waals surface area contributed by atoms with Crippen LogP contribution in [0.4, 0.5) is 13.6 Å². The Balaban J connectivity index is 2.20. The van der Waals surface area contributed by atoms with Gasteiger partial charge in [0.2, 0.25) is 0 Å². The molecular weight excluding hydrogens is 326 g/mol. The average molecular weight is 342 g/mol. The van der Waals surface area contributed by atoms with E-state index in [-0.39, 0.29) is 12.4 Å². The zero-order valence-corrected chi connectivity index (χ0v) is 13.4. The van der Waals surface area contributed by atoms with Crippen molar-refractivity contribution in [2.24, 2.45) is 0 Å². The van der Waals surface area contributed by atoms with Crippen LogP contribution in [0.1, 0.15) is 13.8 Å². The second-order valence-corrected chi connectivity index (χ2v) is 5.85. The fourth-order valence-electron chi connectivity index (χ4n) is 2.12. The molecule has 1 aliphatic heterocycles. The number of carbonyl (C=O) groups excluding carboxylic acids is 2. The van der Waals surface area contributed by atoms with Crippen LogP contribution in [0, 0.1) is 11.6 Å². The molecule has 0 saturated heterocycles. The first kappa shape index (κ1) is 17.3. The number of thioether (sulfide) groups is 1. The molecule has 0 aliphatic carbocycles. The van der Waals surface area contributed by atoms with Crippen molar-refractivity contribution in [2.75, 3.05) is 12.4 Å². The van der Waals surface area contributed by atoms with E-state index in [0.717, 1.165) is 12.1 Å². The highest BCUT2D eigenvalue weighted by atomic mass is 32.2. The molecule has 8 heteroatoms. The number of ether oxygens (including phenoxy) is 1. The molecule has 2 rings (SSSR count). The summed E-state index contributed by atoms with van der Waals surface area (Å²) in [4.78, 5) is 24.1. The molecule has 0 spiro atoms. The third kappa shape index (κ3) is 4.22. The van der Waals surface area contributed by atoms with Crippen molar-refractivity contribution in [3.63, 3.8) is 0 Å². The minimum Gasteiger partial charge on any atom is -0.463 e. The van der Waals surface area contributed by atoms with Gasteiger partial charge in [0, 0.05) is 16.3 Å². The van der Waals surface area contributed by atoms with Crippen molar-refractivity contribution in [1.82, 2.24) is 10.6 Å². The summed E-state index contributed by atoms with van der Waals surface area (Å²) in [6, 6.07) is 2.61. The predicted molar refractivity (Wildman–Crippen MR) is 81.9 cm³/mol. The molecule has 1 heterocycles. The number of amides is 2. The summed E-state index contributed by atoms with van der Waals surface area (Å²) in [6.07, 6.45) is 0. The summed E-state index contributed by atoms with van der Waals surface area (Å²) in [6.45, 7) is 3.58. The maximum absolute atomic E-state index is 13.2. The van der Waals surface area contributed by atoms with E-state index < -0.39 is 29.7 Å². The fraction of sp³-hybridized carbons (Fsp3) is 0.333. The summed E-state index contributed by atoms with van der Waals surface area (Å²) >= 11 is 1.18. The van der Waals surface area contributed by atoms with Crippen molar-refractivity contribution in [3.8, 4) is 0 Å². The van der Waals surface area contributed by atoms with Crippen LogP contribution >= 0.6 is 11.8 Å². The molecule has 1 aromatic carbocycles. The molecule has 0 saturated carbocycles. The quantitative estimate of drug-likeness (QED) is 0.637. The number of halogens is 2. The van der Waals surface area contributed by atoms with E-state index in [4.69, 9.17) is 4.74 Å². The molecule has 5 nitrogen and oxygen atoms in total. The lowest BCUT2D eigenvalue weighted by Gasteiger charge is -2.26. The zero-order chi connectivity index (χ0) is 17.0. The van der Waals surface area contributed by atoms with Crippen LogP contribution in [0.3, 0.4) is 0 Å². The standard InChI is InChI=1S/C15H16F2N2O3S/c1-3-22-14(20)13-8(2)18-15(21)19-12(13)7-23-9-4-5-10(16)11(17)6-9/h4-6,8H,3,7H2,1-2H3,(H2,18,19,21). The Kier molecular flexibility index (Phi) is 5.59. The number of hydrogen-bond donors (Lipinski definition) is 2. The molecule has 0 radical (unpaired) electrons. The molecule has 0 fully saturated rings. The Morgan fingerprint density at radius 2 is 2.09 bits per heavy atom. The maximum Gasteiger partial charge on any atom is 0.337 e. The number of rotatable bonds is 5. The number of esters is 1. The molecule has 23 heavy (non-hydrogen) atoms. The summed E-state index contributed by atoms with van der Waals surface area (Å²) in [5, 5.41) is 5.16. The zero-order valence-electron chi connectivity index (χ0n) is 12.6. The molecule has 2 amide bonds. The monoisotopic (exact) mass is 342 g/mol. The highest BCUT2D eigenvalue weighted by Crippen LogP contribution is 2.25. The van der Waals surface area contributed by atoms with E-state index in [9.17, 15) is 18.4 Å². The summed E-state index contributed by atoms with van der Waals surface area (Å²) in [7, 11) is 0. The Bertz CT molecular complexity index is 664. The third-order valence-corrected chi connectivity index (χ3v) is 4.16. The first-order valence-electron chi connectivity index (χ1n) is 6.98. The topological polar surface area (TPSA) is 67.4 Å². The highest BCUT2D eigenvalue weighted by Gasteiger charge is 2.29. The predicted octanol–water partition coefficient (Wildman–Crippen LogP) is 2.58. The van der Waals surface area contributed by atoms with Crippen molar-refractivity contribution >= 4 is 23.8 Å². The summed E-state index contributed by atoms with van der Waals surface area (Å²) in [5.41, 5.74) is 0.718. The van der Waals surface area contributed by atoms with Gasteiger partial charge in [0.25, 0.3) is 0 Å². The van der Waals surface area contributed by atoms with Crippen LogP contribution in [0.25, 0.3) is 0 Å². The SMILES string of the molecule is CCOC(=O)C1=C(CSc2ccc(F)c(F)c2)NC(=O)NC1C. The largest absolute Gasteiger partial charge is 0.463 e. The molecule has 124 valence electrons. The molecule has 1 unspecified atom stereocenters. The van der Waals surface area contributed by atoms with E-state index in [0.29, 0.717) is 16.2 Å². The van der Waals surface area contributed by atoms with Gasteiger partial charge < -0.3 is 15.4 Å². The van der Waals surface area contributed by atoms with Crippen LogP contribution in [0.2, 0.25) is 0 Å². The molecule has 1 aliphatic rings. The van der Waals surface area contributed by atoms with Crippen molar-refractivity contribution in [3.05, 3.63) is 41.1 Å².